The lowest BCUT2D eigenvalue weighted by molar-refractivity contribution is -0.123. The zero-order valence-corrected chi connectivity index (χ0v) is 13.6. The second-order valence-corrected chi connectivity index (χ2v) is 6.48. The van der Waals surface area contributed by atoms with Crippen molar-refractivity contribution in [2.75, 3.05) is 13.2 Å². The van der Waals surface area contributed by atoms with Crippen LogP contribution >= 0.6 is 0 Å². The van der Waals surface area contributed by atoms with Gasteiger partial charge in [0, 0.05) is 32.4 Å². The average molecular weight is 305 g/mol. The van der Waals surface area contributed by atoms with Crippen molar-refractivity contribution in [2.24, 2.45) is 5.41 Å². The Balaban J connectivity index is 2.12. The fourth-order valence-electron chi connectivity index (χ4n) is 2.15. The lowest BCUT2D eigenvalue weighted by atomic mass is 9.90. The summed E-state index contributed by atoms with van der Waals surface area (Å²) >= 11 is 0. The molecule has 0 aromatic heterocycles. The number of carbonyl (C=O) groups is 2. The summed E-state index contributed by atoms with van der Waals surface area (Å²) < 4.78 is 0. The topological polar surface area (TPSA) is 66.4 Å². The van der Waals surface area contributed by atoms with E-state index in [1.807, 2.05) is 32.0 Å². The fourth-order valence-corrected chi connectivity index (χ4v) is 2.15. The highest BCUT2D eigenvalue weighted by Gasteiger charge is 2.20. The maximum absolute atomic E-state index is 11.8. The SMILES string of the molecule is CC(C)(CO)CC(=O)NCCC(=O)CCCc1ccccc1. The number of Topliss-reactive ketones (excluding diaryl/α,β-unsaturated/α-hetero) is 1. The molecule has 0 fully saturated rings. The molecule has 4 heteroatoms. The van der Waals surface area contributed by atoms with Gasteiger partial charge < -0.3 is 10.4 Å². The molecule has 22 heavy (non-hydrogen) atoms. The minimum Gasteiger partial charge on any atom is -0.396 e. The largest absolute Gasteiger partial charge is 0.396 e. The Bertz CT molecular complexity index is 468. The summed E-state index contributed by atoms with van der Waals surface area (Å²) in [6.45, 7) is 4.02. The van der Waals surface area contributed by atoms with Crippen LogP contribution in [0.5, 0.6) is 0 Å². The molecule has 0 bridgehead atoms. The Hall–Kier alpha value is -1.68. The first-order valence-electron chi connectivity index (χ1n) is 7.86. The first kappa shape index (κ1) is 18.4. The Morgan fingerprint density at radius 2 is 1.82 bits per heavy atom. The molecule has 1 rings (SSSR count). The number of hydrogen-bond acceptors (Lipinski definition) is 3. The smallest absolute Gasteiger partial charge is 0.220 e. The second-order valence-electron chi connectivity index (χ2n) is 6.48. The highest BCUT2D eigenvalue weighted by atomic mass is 16.3. The van der Waals surface area contributed by atoms with E-state index in [1.54, 1.807) is 0 Å². The third-order valence-corrected chi connectivity index (χ3v) is 3.56. The van der Waals surface area contributed by atoms with Gasteiger partial charge in [0.1, 0.15) is 5.78 Å². The molecule has 1 aromatic rings. The molecule has 4 nitrogen and oxygen atoms in total. The maximum atomic E-state index is 11.8. The molecule has 122 valence electrons. The van der Waals surface area contributed by atoms with E-state index in [0.717, 1.165) is 12.8 Å². The van der Waals surface area contributed by atoms with Crippen LogP contribution in [0.4, 0.5) is 0 Å². The predicted molar refractivity (Wildman–Crippen MR) is 87.5 cm³/mol. The maximum Gasteiger partial charge on any atom is 0.220 e. The molecule has 0 aliphatic heterocycles. The lowest BCUT2D eigenvalue weighted by Gasteiger charge is -2.20. The number of aliphatic hydroxyl groups is 1. The van der Waals surface area contributed by atoms with E-state index < -0.39 is 5.41 Å². The van der Waals surface area contributed by atoms with Crippen molar-refractivity contribution in [3.8, 4) is 0 Å². The molecular formula is C18H27NO3. The number of aryl methyl sites for hydroxylation is 1. The molecule has 0 atom stereocenters. The summed E-state index contributed by atoms with van der Waals surface area (Å²) in [7, 11) is 0. The highest BCUT2D eigenvalue weighted by Crippen LogP contribution is 2.18. The van der Waals surface area contributed by atoms with Crippen LogP contribution in [0.2, 0.25) is 0 Å². The van der Waals surface area contributed by atoms with Gasteiger partial charge in [0.25, 0.3) is 0 Å². The number of rotatable bonds is 10. The van der Waals surface area contributed by atoms with Gasteiger partial charge in [-0.3, -0.25) is 9.59 Å². The van der Waals surface area contributed by atoms with Crippen molar-refractivity contribution in [2.45, 2.75) is 46.0 Å². The van der Waals surface area contributed by atoms with E-state index in [-0.39, 0.29) is 24.7 Å². The second kappa shape index (κ2) is 9.36. The highest BCUT2D eigenvalue weighted by molar-refractivity contribution is 5.80. The van der Waals surface area contributed by atoms with Gasteiger partial charge in [-0.15, -0.1) is 0 Å². The Morgan fingerprint density at radius 3 is 2.45 bits per heavy atom. The average Bonchev–Trinajstić information content (AvgIpc) is 2.48. The van der Waals surface area contributed by atoms with Crippen LogP contribution in [-0.4, -0.2) is 29.9 Å². The van der Waals surface area contributed by atoms with Gasteiger partial charge in [-0.25, -0.2) is 0 Å². The van der Waals surface area contributed by atoms with Gasteiger partial charge in [0.2, 0.25) is 5.91 Å². The molecule has 0 saturated heterocycles. The summed E-state index contributed by atoms with van der Waals surface area (Å²) in [5, 5.41) is 11.9. The van der Waals surface area contributed by atoms with Crippen LogP contribution in [-0.2, 0) is 16.0 Å². The van der Waals surface area contributed by atoms with Gasteiger partial charge in [0.05, 0.1) is 0 Å². The van der Waals surface area contributed by atoms with Crippen LogP contribution in [0.1, 0.15) is 45.1 Å². The monoisotopic (exact) mass is 305 g/mol. The molecule has 0 unspecified atom stereocenters. The van der Waals surface area contributed by atoms with E-state index >= 15 is 0 Å². The molecule has 0 aliphatic rings. The number of benzene rings is 1. The Labute approximate surface area is 132 Å². The predicted octanol–water partition coefficient (Wildman–Crippen LogP) is 2.49. The zero-order chi connectivity index (χ0) is 16.4. The molecular weight excluding hydrogens is 278 g/mol. The summed E-state index contributed by atoms with van der Waals surface area (Å²) in [4.78, 5) is 23.4. The molecule has 0 spiro atoms. The molecule has 1 amide bonds. The molecule has 0 aliphatic carbocycles. The number of ketones is 1. The van der Waals surface area contributed by atoms with Crippen molar-refractivity contribution < 1.29 is 14.7 Å². The molecule has 1 aromatic carbocycles. The van der Waals surface area contributed by atoms with Crippen molar-refractivity contribution in [3.63, 3.8) is 0 Å². The molecule has 2 N–H and O–H groups in total. The van der Waals surface area contributed by atoms with Crippen LogP contribution < -0.4 is 5.32 Å². The number of amides is 1. The zero-order valence-electron chi connectivity index (χ0n) is 13.6. The molecule has 0 radical (unpaired) electrons. The normalized spacial score (nSPS) is 11.2. The van der Waals surface area contributed by atoms with Gasteiger partial charge >= 0.3 is 0 Å². The summed E-state index contributed by atoms with van der Waals surface area (Å²) in [6.07, 6.45) is 2.94. The van der Waals surface area contributed by atoms with E-state index in [0.29, 0.717) is 19.4 Å². The van der Waals surface area contributed by atoms with E-state index in [2.05, 4.69) is 17.4 Å². The standard InChI is InChI=1S/C18H27NO3/c1-18(2,14-20)13-17(22)19-12-11-16(21)10-6-9-15-7-4-3-5-8-15/h3-5,7-8,20H,6,9-14H2,1-2H3,(H,19,22). The van der Waals surface area contributed by atoms with E-state index in [1.165, 1.54) is 5.56 Å². The van der Waals surface area contributed by atoms with Gasteiger partial charge in [0.15, 0.2) is 0 Å². The van der Waals surface area contributed by atoms with Crippen LogP contribution in [0.25, 0.3) is 0 Å². The van der Waals surface area contributed by atoms with Gasteiger partial charge in [-0.1, -0.05) is 44.2 Å². The number of aliphatic hydroxyl groups excluding tert-OH is 1. The first-order chi connectivity index (χ1) is 10.4. The minimum atomic E-state index is -0.413. The summed E-state index contributed by atoms with van der Waals surface area (Å²) in [5.74, 6) is 0.0637. The quantitative estimate of drug-likeness (QED) is 0.698. The van der Waals surface area contributed by atoms with E-state index in [9.17, 15) is 9.59 Å². The summed E-state index contributed by atoms with van der Waals surface area (Å²) in [6, 6.07) is 10.1. The fraction of sp³-hybridized carbons (Fsp3) is 0.556. The summed E-state index contributed by atoms with van der Waals surface area (Å²) in [5.41, 5.74) is 0.832. The van der Waals surface area contributed by atoms with Gasteiger partial charge in [-0.2, -0.15) is 0 Å². The lowest BCUT2D eigenvalue weighted by Crippen LogP contribution is -2.31. The third-order valence-electron chi connectivity index (χ3n) is 3.56. The van der Waals surface area contributed by atoms with Crippen LogP contribution in [0.15, 0.2) is 30.3 Å². The van der Waals surface area contributed by atoms with Crippen LogP contribution in [0.3, 0.4) is 0 Å². The van der Waals surface area contributed by atoms with Crippen molar-refractivity contribution in [1.29, 1.82) is 0 Å². The molecule has 0 heterocycles. The Kier molecular flexibility index (Phi) is 7.82. The van der Waals surface area contributed by atoms with Crippen molar-refractivity contribution >= 4 is 11.7 Å². The van der Waals surface area contributed by atoms with Crippen molar-refractivity contribution in [3.05, 3.63) is 35.9 Å². The Morgan fingerprint density at radius 1 is 1.14 bits per heavy atom. The van der Waals surface area contributed by atoms with Crippen molar-refractivity contribution in [1.82, 2.24) is 5.32 Å². The van der Waals surface area contributed by atoms with Gasteiger partial charge in [-0.05, 0) is 23.8 Å². The molecule has 0 saturated carbocycles. The third kappa shape index (κ3) is 7.93. The first-order valence-corrected chi connectivity index (χ1v) is 7.86. The van der Waals surface area contributed by atoms with Crippen LogP contribution in [0, 0.1) is 5.41 Å². The number of nitrogens with one attached hydrogen (secondary N) is 1. The number of carbonyl (C=O) groups excluding carboxylic acids is 2. The minimum absolute atomic E-state index is 0.0289. The van der Waals surface area contributed by atoms with E-state index in [4.69, 9.17) is 5.11 Å². The number of hydrogen-bond donors (Lipinski definition) is 2.